The van der Waals surface area contributed by atoms with Gasteiger partial charge in [-0.25, -0.2) is 4.79 Å². The van der Waals surface area contributed by atoms with E-state index >= 15 is 0 Å². The minimum Gasteiger partial charge on any atom is -0.350 e. The Balaban J connectivity index is 1.53. The smallest absolute Gasteiger partial charge is 0.319 e. The molecular weight excluding hydrogens is 352 g/mol. The van der Waals surface area contributed by atoms with Crippen molar-refractivity contribution in [1.29, 1.82) is 0 Å². The number of benzene rings is 2. The highest BCUT2D eigenvalue weighted by Crippen LogP contribution is 2.19. The van der Waals surface area contributed by atoms with Gasteiger partial charge in [-0.15, -0.1) is 0 Å². The standard InChI is InChI=1S/C22H28N4O2/c1-14(2)15-6-8-16(9-7-15)20(23)13-24-21(27)17-4-3-5-19(12-17)26-22(28)25-18-10-11-18/h3-9,12,14,18,20H,10-11,13,23H2,1-2H3,(H,24,27)(H2,25,26,28). The lowest BCUT2D eigenvalue weighted by molar-refractivity contribution is 0.0951. The fourth-order valence-corrected chi connectivity index (χ4v) is 2.87. The van der Waals surface area contributed by atoms with Gasteiger partial charge in [-0.3, -0.25) is 4.79 Å². The van der Waals surface area contributed by atoms with Crippen LogP contribution in [0.3, 0.4) is 0 Å². The topological polar surface area (TPSA) is 96.2 Å². The number of carbonyl (C=O) groups is 2. The summed E-state index contributed by atoms with van der Waals surface area (Å²) >= 11 is 0. The number of amides is 3. The van der Waals surface area contributed by atoms with Gasteiger partial charge in [-0.2, -0.15) is 0 Å². The van der Waals surface area contributed by atoms with Crippen LogP contribution in [0.4, 0.5) is 10.5 Å². The molecule has 148 valence electrons. The van der Waals surface area contributed by atoms with Crippen LogP contribution in [0.1, 0.15) is 60.1 Å². The number of urea groups is 1. The zero-order valence-electron chi connectivity index (χ0n) is 16.4. The predicted octanol–water partition coefficient (Wildman–Crippen LogP) is 3.52. The molecule has 0 spiro atoms. The summed E-state index contributed by atoms with van der Waals surface area (Å²) in [5.74, 6) is 0.248. The van der Waals surface area contributed by atoms with Crippen LogP contribution in [0.15, 0.2) is 48.5 Å². The third-order valence-electron chi connectivity index (χ3n) is 4.81. The van der Waals surface area contributed by atoms with E-state index in [0.717, 1.165) is 18.4 Å². The summed E-state index contributed by atoms with van der Waals surface area (Å²) in [6.07, 6.45) is 2.05. The maximum absolute atomic E-state index is 12.5. The van der Waals surface area contributed by atoms with Crippen molar-refractivity contribution in [2.45, 2.75) is 44.7 Å². The van der Waals surface area contributed by atoms with E-state index < -0.39 is 0 Å². The van der Waals surface area contributed by atoms with E-state index in [1.54, 1.807) is 24.3 Å². The third kappa shape index (κ3) is 5.57. The molecule has 1 aliphatic carbocycles. The molecule has 3 amide bonds. The van der Waals surface area contributed by atoms with Gasteiger partial charge in [0.05, 0.1) is 0 Å². The minimum absolute atomic E-state index is 0.222. The maximum Gasteiger partial charge on any atom is 0.319 e. The Hall–Kier alpha value is -2.86. The van der Waals surface area contributed by atoms with Gasteiger partial charge >= 0.3 is 6.03 Å². The van der Waals surface area contributed by atoms with Crippen molar-refractivity contribution < 1.29 is 9.59 Å². The Kier molecular flexibility index (Phi) is 6.31. The fourth-order valence-electron chi connectivity index (χ4n) is 2.87. The lowest BCUT2D eigenvalue weighted by atomic mass is 9.99. The number of carbonyl (C=O) groups excluding carboxylic acids is 2. The molecule has 0 heterocycles. The van der Waals surface area contributed by atoms with E-state index in [1.165, 1.54) is 5.56 Å². The van der Waals surface area contributed by atoms with E-state index in [2.05, 4.69) is 41.9 Å². The van der Waals surface area contributed by atoms with Crippen LogP contribution in [0, 0.1) is 0 Å². The van der Waals surface area contributed by atoms with Gasteiger partial charge in [0.2, 0.25) is 0 Å². The molecule has 2 aromatic carbocycles. The van der Waals surface area contributed by atoms with Gasteiger partial charge in [0, 0.05) is 29.9 Å². The van der Waals surface area contributed by atoms with Crippen LogP contribution in [-0.2, 0) is 0 Å². The molecule has 1 unspecified atom stereocenters. The highest BCUT2D eigenvalue weighted by atomic mass is 16.2. The fraction of sp³-hybridized carbons (Fsp3) is 0.364. The zero-order chi connectivity index (χ0) is 20.1. The molecule has 1 saturated carbocycles. The first-order valence-corrected chi connectivity index (χ1v) is 9.73. The van der Waals surface area contributed by atoms with Crippen molar-refractivity contribution in [2.24, 2.45) is 5.73 Å². The summed E-state index contributed by atoms with van der Waals surface area (Å²) in [4.78, 5) is 24.3. The average Bonchev–Trinajstić information content (AvgIpc) is 3.49. The van der Waals surface area contributed by atoms with Crippen molar-refractivity contribution in [1.82, 2.24) is 10.6 Å². The van der Waals surface area contributed by atoms with Gasteiger partial charge in [0.25, 0.3) is 5.91 Å². The number of hydrogen-bond donors (Lipinski definition) is 4. The predicted molar refractivity (Wildman–Crippen MR) is 111 cm³/mol. The van der Waals surface area contributed by atoms with E-state index in [4.69, 9.17) is 5.73 Å². The Bertz CT molecular complexity index is 829. The second-order valence-corrected chi connectivity index (χ2v) is 7.59. The lowest BCUT2D eigenvalue weighted by Gasteiger charge is -2.15. The van der Waals surface area contributed by atoms with Gasteiger partial charge in [-0.05, 0) is 48.1 Å². The van der Waals surface area contributed by atoms with Crippen molar-refractivity contribution in [3.63, 3.8) is 0 Å². The molecular formula is C22H28N4O2. The van der Waals surface area contributed by atoms with Crippen LogP contribution in [0.2, 0.25) is 0 Å². The van der Waals surface area contributed by atoms with E-state index in [0.29, 0.717) is 23.7 Å². The second kappa shape index (κ2) is 8.89. The van der Waals surface area contributed by atoms with Gasteiger partial charge in [-0.1, -0.05) is 44.2 Å². The molecule has 1 atom stereocenters. The van der Waals surface area contributed by atoms with Crippen molar-refractivity contribution in [3.05, 3.63) is 65.2 Å². The van der Waals surface area contributed by atoms with Crippen LogP contribution in [0.25, 0.3) is 0 Å². The molecule has 0 bridgehead atoms. The molecule has 28 heavy (non-hydrogen) atoms. The second-order valence-electron chi connectivity index (χ2n) is 7.59. The Morgan fingerprint density at radius 3 is 2.39 bits per heavy atom. The summed E-state index contributed by atoms with van der Waals surface area (Å²) in [6, 6.07) is 14.8. The molecule has 3 rings (SSSR count). The first-order chi connectivity index (χ1) is 13.4. The van der Waals surface area contributed by atoms with Gasteiger partial charge in [0.1, 0.15) is 0 Å². The van der Waals surface area contributed by atoms with Crippen LogP contribution < -0.4 is 21.7 Å². The number of anilines is 1. The number of nitrogens with two attached hydrogens (primary N) is 1. The molecule has 6 heteroatoms. The summed E-state index contributed by atoms with van der Waals surface area (Å²) in [6.45, 7) is 4.63. The molecule has 0 aromatic heterocycles. The average molecular weight is 380 g/mol. The first kappa shape index (κ1) is 19.9. The monoisotopic (exact) mass is 380 g/mol. The quantitative estimate of drug-likeness (QED) is 0.592. The van der Waals surface area contributed by atoms with Crippen molar-refractivity contribution in [2.75, 3.05) is 11.9 Å². The summed E-state index contributed by atoms with van der Waals surface area (Å²) < 4.78 is 0. The van der Waals surface area contributed by atoms with E-state index in [9.17, 15) is 9.59 Å². The lowest BCUT2D eigenvalue weighted by Crippen LogP contribution is -2.32. The molecule has 0 aliphatic heterocycles. The minimum atomic E-state index is -0.282. The summed E-state index contributed by atoms with van der Waals surface area (Å²) in [5.41, 5.74) is 9.52. The normalized spacial score (nSPS) is 14.4. The van der Waals surface area contributed by atoms with E-state index in [-0.39, 0.29) is 24.0 Å². The molecule has 1 aliphatic rings. The van der Waals surface area contributed by atoms with Gasteiger partial charge in [0.15, 0.2) is 0 Å². The third-order valence-corrected chi connectivity index (χ3v) is 4.81. The van der Waals surface area contributed by atoms with Crippen LogP contribution >= 0.6 is 0 Å². The summed E-state index contributed by atoms with van der Waals surface area (Å²) in [7, 11) is 0. The molecule has 2 aromatic rings. The highest BCUT2D eigenvalue weighted by molar-refractivity contribution is 5.97. The molecule has 0 saturated heterocycles. The molecule has 0 radical (unpaired) electrons. The van der Waals surface area contributed by atoms with Crippen LogP contribution in [0.5, 0.6) is 0 Å². The van der Waals surface area contributed by atoms with E-state index in [1.807, 2.05) is 12.1 Å². The Morgan fingerprint density at radius 2 is 1.75 bits per heavy atom. The summed E-state index contributed by atoms with van der Waals surface area (Å²) in [5, 5.41) is 8.48. The molecule has 6 nitrogen and oxygen atoms in total. The number of nitrogens with one attached hydrogen (secondary N) is 3. The Labute approximate surface area is 165 Å². The largest absolute Gasteiger partial charge is 0.350 e. The van der Waals surface area contributed by atoms with Gasteiger partial charge < -0.3 is 21.7 Å². The van der Waals surface area contributed by atoms with Crippen molar-refractivity contribution in [3.8, 4) is 0 Å². The Morgan fingerprint density at radius 1 is 1.07 bits per heavy atom. The van der Waals surface area contributed by atoms with Crippen molar-refractivity contribution >= 4 is 17.6 Å². The number of hydrogen-bond acceptors (Lipinski definition) is 3. The SMILES string of the molecule is CC(C)c1ccc(C(N)CNC(=O)c2cccc(NC(=O)NC3CC3)c2)cc1. The maximum atomic E-state index is 12.5. The molecule has 5 N–H and O–H groups in total. The molecule has 1 fully saturated rings. The highest BCUT2D eigenvalue weighted by Gasteiger charge is 2.23. The van der Waals surface area contributed by atoms with Crippen LogP contribution in [-0.4, -0.2) is 24.5 Å². The zero-order valence-corrected chi connectivity index (χ0v) is 16.4. The number of rotatable bonds is 7. The first-order valence-electron chi connectivity index (χ1n) is 9.73.